The Bertz CT molecular complexity index is 930. The molecule has 0 spiro atoms. The number of carbonyl (C=O) groups excluding carboxylic acids is 1. The highest BCUT2D eigenvalue weighted by Gasteiger charge is 2.15. The van der Waals surface area contributed by atoms with Crippen molar-refractivity contribution in [2.45, 2.75) is 26.3 Å². The molecule has 0 aliphatic rings. The third-order valence-electron chi connectivity index (χ3n) is 3.85. The summed E-state index contributed by atoms with van der Waals surface area (Å²) in [5, 5.41) is 11.7. The van der Waals surface area contributed by atoms with Crippen molar-refractivity contribution in [2.75, 3.05) is 11.9 Å². The predicted octanol–water partition coefficient (Wildman–Crippen LogP) is 3.73. The number of nitriles is 1. The first-order valence-electron chi connectivity index (χ1n) is 8.42. The van der Waals surface area contributed by atoms with E-state index in [2.05, 4.69) is 21.4 Å². The molecule has 2 aromatic heterocycles. The molecule has 0 aliphatic heterocycles. The Morgan fingerprint density at radius 1 is 1.35 bits per heavy atom. The van der Waals surface area contributed by atoms with Crippen LogP contribution in [0.2, 0.25) is 0 Å². The second-order valence-electron chi connectivity index (χ2n) is 5.72. The maximum absolute atomic E-state index is 12.7. The van der Waals surface area contributed by atoms with Crippen LogP contribution in [0.5, 0.6) is 0 Å². The number of benzene rings is 1. The smallest absolute Gasteiger partial charge is 0.322 e. The Labute approximate surface area is 151 Å². The molecule has 0 saturated carbocycles. The first-order valence-corrected chi connectivity index (χ1v) is 8.42. The molecule has 132 valence electrons. The summed E-state index contributed by atoms with van der Waals surface area (Å²) in [6.45, 7) is 2.63. The van der Waals surface area contributed by atoms with Gasteiger partial charge in [0.2, 0.25) is 0 Å². The van der Waals surface area contributed by atoms with Crippen LogP contribution in [-0.2, 0) is 13.0 Å². The van der Waals surface area contributed by atoms with Crippen LogP contribution in [0.3, 0.4) is 0 Å². The third-order valence-corrected chi connectivity index (χ3v) is 3.85. The van der Waals surface area contributed by atoms with Crippen LogP contribution in [0.25, 0.3) is 11.1 Å². The van der Waals surface area contributed by atoms with Gasteiger partial charge in [-0.15, -0.1) is 0 Å². The number of amides is 2. The van der Waals surface area contributed by atoms with Crippen LogP contribution in [0.4, 0.5) is 10.5 Å². The molecule has 3 aromatic rings. The normalized spacial score (nSPS) is 10.5. The highest BCUT2D eigenvalue weighted by Crippen LogP contribution is 2.20. The molecule has 0 unspecified atom stereocenters. The quantitative estimate of drug-likeness (QED) is 0.731. The second-order valence-corrected chi connectivity index (χ2v) is 5.72. The van der Waals surface area contributed by atoms with Gasteiger partial charge in [0.05, 0.1) is 24.7 Å². The average Bonchev–Trinajstić information content (AvgIpc) is 3.08. The number of anilines is 1. The summed E-state index contributed by atoms with van der Waals surface area (Å²) in [7, 11) is 0. The number of pyridine rings is 1. The largest absolute Gasteiger partial charge is 0.441 e. The molecule has 1 N–H and O–H groups in total. The van der Waals surface area contributed by atoms with Gasteiger partial charge in [0, 0.05) is 24.8 Å². The SMILES string of the molecule is CCc1nc2cc(NC(=O)N(CCC#N)Cc3ccccn3)ccc2o1. The zero-order valence-electron chi connectivity index (χ0n) is 14.5. The molecule has 0 radical (unpaired) electrons. The lowest BCUT2D eigenvalue weighted by atomic mass is 10.3. The van der Waals surface area contributed by atoms with Crippen LogP contribution in [0.1, 0.15) is 24.9 Å². The molecular formula is C19H19N5O2. The second kappa shape index (κ2) is 8.12. The monoisotopic (exact) mass is 349 g/mol. The summed E-state index contributed by atoms with van der Waals surface area (Å²) < 4.78 is 5.58. The number of rotatable bonds is 6. The summed E-state index contributed by atoms with van der Waals surface area (Å²) >= 11 is 0. The maximum atomic E-state index is 12.7. The molecule has 3 rings (SSSR count). The number of nitrogens with one attached hydrogen (secondary N) is 1. The molecular weight excluding hydrogens is 330 g/mol. The standard InChI is InChI=1S/C19H19N5O2/c1-2-18-23-16-12-14(7-8-17(16)26-18)22-19(25)24(11-5-9-20)13-15-6-3-4-10-21-15/h3-4,6-8,10,12H,2,5,11,13H2,1H3,(H,22,25). The minimum Gasteiger partial charge on any atom is -0.441 e. The Balaban J connectivity index is 1.74. The van der Waals surface area contributed by atoms with Crippen molar-refractivity contribution in [3.8, 4) is 6.07 Å². The van der Waals surface area contributed by atoms with E-state index in [1.54, 1.807) is 29.3 Å². The average molecular weight is 349 g/mol. The van der Waals surface area contributed by atoms with E-state index in [-0.39, 0.29) is 12.5 Å². The van der Waals surface area contributed by atoms with Crippen LogP contribution < -0.4 is 5.32 Å². The third kappa shape index (κ3) is 4.16. The lowest BCUT2D eigenvalue weighted by Crippen LogP contribution is -2.35. The lowest BCUT2D eigenvalue weighted by Gasteiger charge is -2.21. The molecule has 7 nitrogen and oxygen atoms in total. The first kappa shape index (κ1) is 17.4. The van der Waals surface area contributed by atoms with Crippen LogP contribution in [0, 0.1) is 11.3 Å². The molecule has 1 aromatic carbocycles. The number of carbonyl (C=O) groups is 1. The van der Waals surface area contributed by atoms with E-state index in [1.165, 1.54) is 0 Å². The number of aromatic nitrogens is 2. The van der Waals surface area contributed by atoms with E-state index in [1.807, 2.05) is 25.1 Å². The number of urea groups is 1. The van der Waals surface area contributed by atoms with Crippen LogP contribution in [-0.4, -0.2) is 27.4 Å². The molecule has 0 atom stereocenters. The van der Waals surface area contributed by atoms with Crippen molar-refractivity contribution in [1.82, 2.24) is 14.9 Å². The summed E-state index contributed by atoms with van der Waals surface area (Å²) in [6, 6.07) is 12.7. The highest BCUT2D eigenvalue weighted by atomic mass is 16.3. The number of fused-ring (bicyclic) bond motifs is 1. The number of oxazole rings is 1. The van der Waals surface area contributed by atoms with Crippen LogP contribution >= 0.6 is 0 Å². The number of hydrogen-bond acceptors (Lipinski definition) is 5. The van der Waals surface area contributed by atoms with Gasteiger partial charge in [-0.05, 0) is 30.3 Å². The van der Waals surface area contributed by atoms with Crippen molar-refractivity contribution in [3.05, 3.63) is 54.2 Å². The molecule has 2 amide bonds. The van der Waals surface area contributed by atoms with Crippen LogP contribution in [0.15, 0.2) is 47.0 Å². The van der Waals surface area contributed by atoms with Crippen molar-refractivity contribution in [1.29, 1.82) is 5.26 Å². The lowest BCUT2D eigenvalue weighted by molar-refractivity contribution is 0.209. The molecule has 0 aliphatic carbocycles. The molecule has 26 heavy (non-hydrogen) atoms. The molecule has 0 saturated heterocycles. The Kier molecular flexibility index (Phi) is 5.44. The fourth-order valence-electron chi connectivity index (χ4n) is 2.53. The van der Waals surface area contributed by atoms with E-state index in [9.17, 15) is 4.79 Å². The topological polar surface area (TPSA) is 95.1 Å². The van der Waals surface area contributed by atoms with Gasteiger partial charge < -0.3 is 14.6 Å². The van der Waals surface area contributed by atoms with Gasteiger partial charge in [-0.25, -0.2) is 9.78 Å². The van der Waals surface area contributed by atoms with Gasteiger partial charge in [0.25, 0.3) is 0 Å². The van der Waals surface area contributed by atoms with Gasteiger partial charge >= 0.3 is 6.03 Å². The fourth-order valence-corrected chi connectivity index (χ4v) is 2.53. The molecule has 0 fully saturated rings. The summed E-state index contributed by atoms with van der Waals surface area (Å²) in [6.07, 6.45) is 2.64. The van der Waals surface area contributed by atoms with E-state index < -0.39 is 0 Å². The number of hydrogen-bond donors (Lipinski definition) is 1. The van der Waals surface area contributed by atoms with Crippen molar-refractivity contribution in [3.63, 3.8) is 0 Å². The van der Waals surface area contributed by atoms with E-state index in [0.29, 0.717) is 42.2 Å². The summed E-state index contributed by atoms with van der Waals surface area (Å²) in [4.78, 5) is 22.8. The minimum absolute atomic E-state index is 0.252. The molecule has 0 bridgehead atoms. The molecule has 7 heteroatoms. The zero-order valence-corrected chi connectivity index (χ0v) is 14.5. The van der Waals surface area contributed by atoms with Crippen molar-refractivity contribution >= 4 is 22.8 Å². The fraction of sp³-hybridized carbons (Fsp3) is 0.263. The summed E-state index contributed by atoms with van der Waals surface area (Å²) in [5.74, 6) is 0.661. The first-order chi connectivity index (χ1) is 12.7. The van der Waals surface area contributed by atoms with Gasteiger partial charge in [0.1, 0.15) is 5.52 Å². The highest BCUT2D eigenvalue weighted by molar-refractivity contribution is 5.91. The Morgan fingerprint density at radius 2 is 2.23 bits per heavy atom. The van der Waals surface area contributed by atoms with Gasteiger partial charge in [-0.3, -0.25) is 4.98 Å². The Morgan fingerprint density at radius 3 is 2.96 bits per heavy atom. The van der Waals surface area contributed by atoms with Gasteiger partial charge in [-0.2, -0.15) is 5.26 Å². The van der Waals surface area contributed by atoms with Crippen molar-refractivity contribution in [2.24, 2.45) is 0 Å². The summed E-state index contributed by atoms with van der Waals surface area (Å²) in [5.41, 5.74) is 2.78. The minimum atomic E-state index is -0.288. The van der Waals surface area contributed by atoms with E-state index >= 15 is 0 Å². The zero-order chi connectivity index (χ0) is 18.4. The van der Waals surface area contributed by atoms with E-state index in [0.717, 1.165) is 5.69 Å². The predicted molar refractivity (Wildman–Crippen MR) is 97.3 cm³/mol. The van der Waals surface area contributed by atoms with Gasteiger partial charge in [0.15, 0.2) is 11.5 Å². The molecule has 2 heterocycles. The maximum Gasteiger partial charge on any atom is 0.322 e. The Hall–Kier alpha value is -3.40. The number of aryl methyl sites for hydroxylation is 1. The van der Waals surface area contributed by atoms with Crippen molar-refractivity contribution < 1.29 is 9.21 Å². The van der Waals surface area contributed by atoms with E-state index in [4.69, 9.17) is 9.68 Å². The number of nitrogens with zero attached hydrogens (tertiary/aromatic N) is 4. The van der Waals surface area contributed by atoms with Gasteiger partial charge in [-0.1, -0.05) is 13.0 Å².